The number of hydrogen-bond donors (Lipinski definition) is 3. The molecule has 1 aliphatic carbocycles. The van der Waals surface area contributed by atoms with Crippen LogP contribution in [-0.4, -0.2) is 55.0 Å². The van der Waals surface area contributed by atoms with E-state index in [0.717, 1.165) is 41.4 Å². The summed E-state index contributed by atoms with van der Waals surface area (Å²) < 4.78 is 35.8. The standard InChI is InChI=1S/C34H35F2N5O4/c1-40-8-2-3-27-31(40)39-33(44)34(27)16-21-4-5-26(14-23(21)17-34)38-30(42)19-41-29(22-12-24(35)15-25(36)13-22)18-37-28(32(41)43)11-20-6-9-45-10-7-20/h2-5,8,12-15,20,28-29,37H,6-7,9-11,16-19H2,1H3,(H,38,42)/p+1. The number of benzene rings is 2. The molecule has 0 saturated carbocycles. The number of nitrogens with zero attached hydrogens (tertiary/aromatic N) is 2. The van der Waals surface area contributed by atoms with Crippen LogP contribution in [0.1, 0.15) is 47.6 Å². The summed E-state index contributed by atoms with van der Waals surface area (Å²) >= 11 is 0. The summed E-state index contributed by atoms with van der Waals surface area (Å²) in [6, 6.07) is 11.5. The summed E-state index contributed by atoms with van der Waals surface area (Å²) in [5, 5.41) is 9.25. The van der Waals surface area contributed by atoms with E-state index >= 15 is 0 Å². The Kier molecular flexibility index (Phi) is 7.61. The highest BCUT2D eigenvalue weighted by Crippen LogP contribution is 2.46. The van der Waals surface area contributed by atoms with Gasteiger partial charge in [-0.25, -0.2) is 23.5 Å². The van der Waals surface area contributed by atoms with E-state index < -0.39 is 35.0 Å². The van der Waals surface area contributed by atoms with Gasteiger partial charge in [0.25, 0.3) is 5.82 Å². The fourth-order valence-electron chi connectivity index (χ4n) is 7.52. The summed E-state index contributed by atoms with van der Waals surface area (Å²) in [6.07, 6.45) is 5.29. The van der Waals surface area contributed by atoms with Crippen molar-refractivity contribution in [3.63, 3.8) is 0 Å². The summed E-state index contributed by atoms with van der Waals surface area (Å²) in [4.78, 5) is 42.0. The number of aryl methyl sites for hydroxylation is 1. The Hall–Kier alpha value is -4.22. The molecule has 2 aromatic carbocycles. The van der Waals surface area contributed by atoms with E-state index in [-0.39, 0.29) is 30.5 Å². The van der Waals surface area contributed by atoms with E-state index in [0.29, 0.717) is 44.1 Å². The molecule has 3 amide bonds. The average Bonchev–Trinajstić information content (AvgIpc) is 3.52. The summed E-state index contributed by atoms with van der Waals surface area (Å²) in [5.74, 6) is -1.09. The number of amides is 3. The molecule has 2 fully saturated rings. The van der Waals surface area contributed by atoms with Crippen molar-refractivity contribution in [3.8, 4) is 0 Å². The molecule has 3 aliphatic heterocycles. The van der Waals surface area contributed by atoms with Crippen LogP contribution in [0.3, 0.4) is 0 Å². The molecule has 45 heavy (non-hydrogen) atoms. The number of nitrogens with one attached hydrogen (secondary N) is 3. The second kappa shape index (κ2) is 11.6. The zero-order chi connectivity index (χ0) is 31.3. The third kappa shape index (κ3) is 5.48. The first-order valence-corrected chi connectivity index (χ1v) is 15.5. The summed E-state index contributed by atoms with van der Waals surface area (Å²) in [6.45, 7) is 1.29. The number of carbonyl (C=O) groups excluding carboxylic acids is 3. The van der Waals surface area contributed by atoms with Gasteiger partial charge in [-0.2, -0.15) is 0 Å². The lowest BCUT2D eigenvalue weighted by Gasteiger charge is -2.41. The van der Waals surface area contributed by atoms with Crippen molar-refractivity contribution in [2.75, 3.05) is 36.9 Å². The van der Waals surface area contributed by atoms with E-state index in [9.17, 15) is 23.2 Å². The van der Waals surface area contributed by atoms with Gasteiger partial charge in [0.2, 0.25) is 11.8 Å². The number of fused-ring (bicyclic) bond motifs is 3. The fourth-order valence-corrected chi connectivity index (χ4v) is 7.52. The minimum Gasteiger partial charge on any atom is -0.381 e. The van der Waals surface area contributed by atoms with Crippen molar-refractivity contribution in [1.82, 2.24) is 10.2 Å². The SMILES string of the molecule is C[n+]1cccc2c1NC(=O)C21Cc2ccc(NC(=O)CN3C(=O)C(CC4CCOCC4)NCC3c3cc(F)cc(F)c3)cc2C1. The molecule has 3 aromatic rings. The molecule has 4 aliphatic rings. The molecule has 0 bridgehead atoms. The van der Waals surface area contributed by atoms with Crippen LogP contribution in [0.15, 0.2) is 54.7 Å². The molecule has 9 nitrogen and oxygen atoms in total. The van der Waals surface area contributed by atoms with Crippen molar-refractivity contribution in [2.45, 2.75) is 49.6 Å². The molecule has 1 spiro atoms. The van der Waals surface area contributed by atoms with Gasteiger partial charge in [0.05, 0.1) is 30.9 Å². The average molecular weight is 617 g/mol. The van der Waals surface area contributed by atoms with E-state index in [4.69, 9.17) is 4.74 Å². The largest absolute Gasteiger partial charge is 0.381 e. The van der Waals surface area contributed by atoms with Gasteiger partial charge in [0.15, 0.2) is 0 Å². The van der Waals surface area contributed by atoms with Crippen LogP contribution in [0.25, 0.3) is 0 Å². The van der Waals surface area contributed by atoms with Crippen LogP contribution in [0.4, 0.5) is 20.3 Å². The quantitative estimate of drug-likeness (QED) is 0.370. The Bertz CT molecular complexity index is 1670. The van der Waals surface area contributed by atoms with Crippen molar-refractivity contribution < 1.29 is 32.5 Å². The van der Waals surface area contributed by atoms with Crippen molar-refractivity contribution in [2.24, 2.45) is 13.0 Å². The summed E-state index contributed by atoms with van der Waals surface area (Å²) in [7, 11) is 1.90. The first kappa shape index (κ1) is 29.5. The lowest BCUT2D eigenvalue weighted by atomic mass is 9.79. The van der Waals surface area contributed by atoms with Crippen LogP contribution in [0.5, 0.6) is 0 Å². The number of aromatic nitrogens is 1. The Labute approximate surface area is 259 Å². The third-order valence-corrected chi connectivity index (χ3v) is 9.85. The summed E-state index contributed by atoms with van der Waals surface area (Å²) in [5.41, 5.74) is 3.14. The maximum atomic E-state index is 14.2. The molecule has 234 valence electrons. The fraction of sp³-hybridized carbons (Fsp3) is 0.412. The van der Waals surface area contributed by atoms with Crippen molar-refractivity contribution in [1.29, 1.82) is 0 Å². The predicted octanol–water partition coefficient (Wildman–Crippen LogP) is 3.07. The predicted molar refractivity (Wildman–Crippen MR) is 161 cm³/mol. The lowest BCUT2D eigenvalue weighted by molar-refractivity contribution is -0.657. The van der Waals surface area contributed by atoms with Gasteiger partial charge in [0.1, 0.15) is 23.6 Å². The topological polar surface area (TPSA) is 104 Å². The Morgan fingerprint density at radius 3 is 2.60 bits per heavy atom. The number of hydrogen-bond acceptors (Lipinski definition) is 5. The van der Waals surface area contributed by atoms with Crippen molar-refractivity contribution >= 4 is 29.2 Å². The highest BCUT2D eigenvalue weighted by Gasteiger charge is 2.55. The van der Waals surface area contributed by atoms with Gasteiger partial charge in [-0.15, -0.1) is 0 Å². The van der Waals surface area contributed by atoms with Crippen LogP contribution < -0.4 is 20.5 Å². The minimum atomic E-state index is -0.741. The number of ether oxygens (including phenoxy) is 1. The van der Waals surface area contributed by atoms with E-state index in [1.807, 2.05) is 48.1 Å². The Balaban J connectivity index is 1.09. The van der Waals surface area contributed by atoms with Gasteiger partial charge in [-0.3, -0.25) is 9.59 Å². The van der Waals surface area contributed by atoms with Crippen LogP contribution in [0, 0.1) is 17.6 Å². The first-order valence-electron chi connectivity index (χ1n) is 15.5. The number of rotatable bonds is 6. The maximum absolute atomic E-state index is 14.2. The highest BCUT2D eigenvalue weighted by molar-refractivity contribution is 6.05. The number of carbonyl (C=O) groups is 3. The van der Waals surface area contributed by atoms with Crippen LogP contribution in [0.2, 0.25) is 0 Å². The molecule has 0 radical (unpaired) electrons. The zero-order valence-corrected chi connectivity index (χ0v) is 25.1. The third-order valence-electron chi connectivity index (χ3n) is 9.85. The van der Waals surface area contributed by atoms with Crippen LogP contribution in [-0.2, 0) is 44.4 Å². The van der Waals surface area contributed by atoms with Gasteiger partial charge in [-0.1, -0.05) is 6.07 Å². The smallest absolute Gasteiger partial charge is 0.319 e. The Morgan fingerprint density at radius 2 is 1.82 bits per heavy atom. The van der Waals surface area contributed by atoms with Crippen LogP contribution >= 0.6 is 0 Å². The van der Waals surface area contributed by atoms with E-state index in [2.05, 4.69) is 16.0 Å². The first-order chi connectivity index (χ1) is 21.7. The molecule has 7 rings (SSSR count). The molecular weight excluding hydrogens is 580 g/mol. The van der Waals surface area contributed by atoms with E-state index in [1.165, 1.54) is 17.0 Å². The van der Waals surface area contributed by atoms with Gasteiger partial charge >= 0.3 is 5.91 Å². The number of halogens is 2. The number of piperazine rings is 1. The molecular formula is C34H36F2N5O4+. The molecule has 3 unspecified atom stereocenters. The zero-order valence-electron chi connectivity index (χ0n) is 25.1. The minimum absolute atomic E-state index is 0.0339. The molecule has 3 N–H and O–H groups in total. The Morgan fingerprint density at radius 1 is 1.07 bits per heavy atom. The normalized spacial score (nSPS) is 24.5. The maximum Gasteiger partial charge on any atom is 0.319 e. The number of pyridine rings is 1. The van der Waals surface area contributed by atoms with Gasteiger partial charge < -0.3 is 20.3 Å². The second-order valence-electron chi connectivity index (χ2n) is 12.7. The number of anilines is 2. The van der Waals surface area contributed by atoms with Crippen molar-refractivity contribution in [3.05, 3.63) is 88.6 Å². The molecule has 2 saturated heterocycles. The highest BCUT2D eigenvalue weighted by atomic mass is 19.1. The van der Waals surface area contributed by atoms with Gasteiger partial charge in [0, 0.05) is 31.5 Å². The van der Waals surface area contributed by atoms with E-state index in [1.54, 1.807) is 0 Å². The lowest BCUT2D eigenvalue weighted by Crippen LogP contribution is -2.58. The second-order valence-corrected chi connectivity index (χ2v) is 12.7. The van der Waals surface area contributed by atoms with Gasteiger partial charge in [-0.05, 0) is 91.1 Å². The molecule has 4 heterocycles. The monoisotopic (exact) mass is 616 g/mol. The molecule has 3 atom stereocenters. The molecule has 1 aromatic heterocycles. The molecule has 11 heteroatoms.